The number of anilines is 3. The maximum atomic E-state index is 12.1. The topological polar surface area (TPSA) is 178 Å². The van der Waals surface area contributed by atoms with Crippen molar-refractivity contribution in [3.05, 3.63) is 80.9 Å². The third-order valence-electron chi connectivity index (χ3n) is 3.76. The van der Waals surface area contributed by atoms with E-state index >= 15 is 0 Å². The number of aromatic nitrogens is 3. The lowest BCUT2D eigenvalue weighted by atomic mass is 10.1. The van der Waals surface area contributed by atoms with Gasteiger partial charge in [0.25, 0.3) is 5.69 Å². The number of amides is 1. The molecule has 3 rings (SSSR count). The highest BCUT2D eigenvalue weighted by Crippen LogP contribution is 2.30. The minimum Gasteiger partial charge on any atom is -0.333 e. The van der Waals surface area contributed by atoms with Gasteiger partial charge >= 0.3 is 5.69 Å². The Morgan fingerprint density at radius 3 is 2.37 bits per heavy atom. The Hall–Kier alpha value is -4.68. The van der Waals surface area contributed by atoms with Crippen LogP contribution in [0.15, 0.2) is 55.1 Å². The molecule has 0 atom stereocenters. The van der Waals surface area contributed by atoms with Gasteiger partial charge in [-0.3, -0.25) is 40.9 Å². The van der Waals surface area contributed by atoms with Gasteiger partial charge in [-0.2, -0.15) is 0 Å². The second-order valence-electron chi connectivity index (χ2n) is 5.82. The molecule has 0 radical (unpaired) electrons. The highest BCUT2D eigenvalue weighted by Gasteiger charge is 2.23. The van der Waals surface area contributed by atoms with Crippen LogP contribution < -0.4 is 16.2 Å². The smallest absolute Gasteiger partial charge is 0.333 e. The minimum absolute atomic E-state index is 0.0879. The highest BCUT2D eigenvalue weighted by molar-refractivity contribution is 5.81. The Balaban J connectivity index is 1.69. The fourth-order valence-electron chi connectivity index (χ4n) is 2.40. The van der Waals surface area contributed by atoms with E-state index in [-0.39, 0.29) is 23.7 Å². The average Bonchev–Trinajstić information content (AvgIpc) is 2.73. The summed E-state index contributed by atoms with van der Waals surface area (Å²) in [5.41, 5.74) is 5.16. The van der Waals surface area contributed by atoms with Crippen molar-refractivity contribution in [1.82, 2.24) is 20.4 Å². The summed E-state index contributed by atoms with van der Waals surface area (Å²) in [4.78, 5) is 44.6. The first-order valence-electron chi connectivity index (χ1n) is 8.38. The minimum atomic E-state index is -0.691. The summed E-state index contributed by atoms with van der Waals surface area (Å²) in [5.74, 6) is -0.841. The third kappa shape index (κ3) is 4.98. The quantitative estimate of drug-likeness (QED) is 0.368. The Bertz CT molecular complexity index is 1080. The van der Waals surface area contributed by atoms with Gasteiger partial charge in [0.05, 0.1) is 28.2 Å². The van der Waals surface area contributed by atoms with Gasteiger partial charge < -0.3 is 5.32 Å². The molecule has 1 aromatic carbocycles. The number of carbonyl (C=O) groups is 1. The first-order valence-corrected chi connectivity index (χ1v) is 8.38. The van der Waals surface area contributed by atoms with Crippen molar-refractivity contribution in [2.24, 2.45) is 0 Å². The zero-order valence-electron chi connectivity index (χ0n) is 15.2. The molecule has 0 aliphatic carbocycles. The molecule has 2 heterocycles. The van der Waals surface area contributed by atoms with Gasteiger partial charge in [0.15, 0.2) is 0 Å². The fourth-order valence-corrected chi connectivity index (χ4v) is 2.40. The molecule has 13 heteroatoms. The van der Waals surface area contributed by atoms with Crippen LogP contribution in [0.5, 0.6) is 0 Å². The van der Waals surface area contributed by atoms with E-state index in [1.807, 2.05) is 0 Å². The molecule has 2 aromatic heterocycles. The zero-order chi connectivity index (χ0) is 21.5. The van der Waals surface area contributed by atoms with Gasteiger partial charge in [0.2, 0.25) is 17.5 Å². The first-order chi connectivity index (χ1) is 14.4. The van der Waals surface area contributed by atoms with Gasteiger partial charge in [-0.25, -0.2) is 9.97 Å². The molecule has 0 saturated heterocycles. The summed E-state index contributed by atoms with van der Waals surface area (Å²) in [6, 6.07) is 8.75. The molecule has 0 spiro atoms. The van der Waals surface area contributed by atoms with E-state index in [1.165, 1.54) is 30.5 Å². The number of hydrogen-bond acceptors (Lipinski definition) is 10. The van der Waals surface area contributed by atoms with Crippen LogP contribution in [-0.2, 0) is 11.2 Å². The standard InChI is InChI=1S/C17H14N8O5/c26-14(8-11-3-5-13(6-4-11)24(27)28)22-23-17-15(25(29)30)16(19-10-20-17)21-12-2-1-7-18-9-12/h1-7,9-10H,8H2,(H,22,26)(H2,19,20,21,23). The lowest BCUT2D eigenvalue weighted by Gasteiger charge is -2.10. The highest BCUT2D eigenvalue weighted by atomic mass is 16.6. The fraction of sp³-hybridized carbons (Fsp3) is 0.0588. The Kier molecular flexibility index (Phi) is 6.02. The predicted octanol–water partition coefficient (Wildman–Crippen LogP) is 2.12. The second kappa shape index (κ2) is 9.01. The number of hydrogen-bond donors (Lipinski definition) is 3. The number of carbonyl (C=O) groups excluding carboxylic acids is 1. The Morgan fingerprint density at radius 2 is 1.73 bits per heavy atom. The molecule has 0 fully saturated rings. The normalized spacial score (nSPS) is 10.1. The molecule has 1 amide bonds. The van der Waals surface area contributed by atoms with Gasteiger partial charge in [-0.1, -0.05) is 12.1 Å². The van der Waals surface area contributed by atoms with Crippen molar-refractivity contribution in [2.45, 2.75) is 6.42 Å². The summed E-state index contributed by atoms with van der Waals surface area (Å²) in [6.45, 7) is 0. The molecule has 152 valence electrons. The molecular weight excluding hydrogens is 396 g/mol. The van der Waals surface area contributed by atoms with E-state index in [9.17, 15) is 25.0 Å². The average molecular weight is 410 g/mol. The summed E-state index contributed by atoms with van der Waals surface area (Å²) >= 11 is 0. The number of nitrogens with one attached hydrogen (secondary N) is 3. The van der Waals surface area contributed by atoms with Crippen molar-refractivity contribution in [3.8, 4) is 0 Å². The number of nitrogens with zero attached hydrogens (tertiary/aromatic N) is 5. The van der Waals surface area contributed by atoms with Crippen LogP contribution in [0.2, 0.25) is 0 Å². The van der Waals surface area contributed by atoms with E-state index < -0.39 is 21.4 Å². The van der Waals surface area contributed by atoms with Gasteiger partial charge in [0.1, 0.15) is 6.33 Å². The van der Waals surface area contributed by atoms with Gasteiger partial charge in [-0.05, 0) is 17.7 Å². The van der Waals surface area contributed by atoms with Crippen LogP contribution in [0.1, 0.15) is 5.56 Å². The summed E-state index contributed by atoms with van der Waals surface area (Å²) < 4.78 is 0. The third-order valence-corrected chi connectivity index (χ3v) is 3.76. The SMILES string of the molecule is O=C(Cc1ccc([N+](=O)[O-])cc1)NNc1ncnc(Nc2cccnc2)c1[N+](=O)[O-]. The number of nitro benzene ring substituents is 1. The lowest BCUT2D eigenvalue weighted by Crippen LogP contribution is -2.31. The number of non-ortho nitro benzene ring substituents is 1. The van der Waals surface area contributed by atoms with Crippen LogP contribution in [0, 0.1) is 20.2 Å². The van der Waals surface area contributed by atoms with Crippen LogP contribution in [0.3, 0.4) is 0 Å². The van der Waals surface area contributed by atoms with E-state index in [4.69, 9.17) is 0 Å². The molecule has 3 aromatic rings. The van der Waals surface area contributed by atoms with Gasteiger partial charge in [-0.15, -0.1) is 0 Å². The first kappa shape index (κ1) is 20.1. The number of pyridine rings is 1. The van der Waals surface area contributed by atoms with Crippen LogP contribution in [0.25, 0.3) is 0 Å². The Morgan fingerprint density at radius 1 is 1.00 bits per heavy atom. The largest absolute Gasteiger partial charge is 0.355 e. The van der Waals surface area contributed by atoms with Crippen LogP contribution in [-0.4, -0.2) is 30.7 Å². The molecule has 0 saturated carbocycles. The van der Waals surface area contributed by atoms with E-state index in [1.54, 1.807) is 18.3 Å². The monoisotopic (exact) mass is 410 g/mol. The van der Waals surface area contributed by atoms with Crippen LogP contribution >= 0.6 is 0 Å². The molecule has 13 nitrogen and oxygen atoms in total. The van der Waals surface area contributed by atoms with E-state index in [0.717, 1.165) is 6.33 Å². The maximum Gasteiger partial charge on any atom is 0.355 e. The lowest BCUT2D eigenvalue weighted by molar-refractivity contribution is -0.384. The van der Waals surface area contributed by atoms with Crippen molar-refractivity contribution < 1.29 is 14.6 Å². The predicted molar refractivity (Wildman–Crippen MR) is 105 cm³/mol. The maximum absolute atomic E-state index is 12.1. The molecule has 0 unspecified atom stereocenters. The summed E-state index contributed by atoms with van der Waals surface area (Å²) in [6.07, 6.45) is 4.00. The van der Waals surface area contributed by atoms with Crippen LogP contribution in [0.4, 0.5) is 28.7 Å². The molecule has 3 N–H and O–H groups in total. The molecule has 0 bridgehead atoms. The van der Waals surface area contributed by atoms with E-state index in [0.29, 0.717) is 11.3 Å². The molecule has 30 heavy (non-hydrogen) atoms. The number of rotatable bonds is 8. The van der Waals surface area contributed by atoms with Crippen molar-refractivity contribution in [1.29, 1.82) is 0 Å². The van der Waals surface area contributed by atoms with Gasteiger partial charge in [0, 0.05) is 18.3 Å². The zero-order valence-corrected chi connectivity index (χ0v) is 15.2. The Labute approximate surface area is 168 Å². The summed E-state index contributed by atoms with van der Waals surface area (Å²) in [5, 5.41) is 25.0. The molecular formula is C17H14N8O5. The summed E-state index contributed by atoms with van der Waals surface area (Å²) in [7, 11) is 0. The van der Waals surface area contributed by atoms with Crippen molar-refractivity contribution in [3.63, 3.8) is 0 Å². The van der Waals surface area contributed by atoms with Crippen molar-refractivity contribution >= 4 is 34.6 Å². The number of benzene rings is 1. The molecule has 0 aliphatic heterocycles. The second-order valence-corrected chi connectivity index (χ2v) is 5.82. The number of nitro groups is 2. The van der Waals surface area contributed by atoms with Crippen molar-refractivity contribution in [2.75, 3.05) is 10.7 Å². The molecule has 0 aliphatic rings. The number of hydrazine groups is 1. The van der Waals surface area contributed by atoms with E-state index in [2.05, 4.69) is 31.1 Å².